The maximum Gasteiger partial charge on any atom is 0.129 e. The molecule has 1 aromatic carbocycles. The van der Waals surface area contributed by atoms with E-state index in [2.05, 4.69) is 94.5 Å². The highest BCUT2D eigenvalue weighted by Crippen LogP contribution is 2.13. The van der Waals surface area contributed by atoms with Crippen molar-refractivity contribution < 1.29 is 0 Å². The van der Waals surface area contributed by atoms with Crippen LogP contribution in [0.15, 0.2) is 18.2 Å². The summed E-state index contributed by atoms with van der Waals surface area (Å²) in [5.41, 5.74) is 4.52. The van der Waals surface area contributed by atoms with Gasteiger partial charge in [-0.05, 0) is 63.4 Å². The topological polar surface area (TPSA) is 0 Å². The SMILES string of the molecule is C[Si](C)(C)C#Cc1cc(I)cc(I)c1. The minimum absolute atomic E-state index is 1.14. The van der Waals surface area contributed by atoms with Gasteiger partial charge < -0.3 is 0 Å². The molecule has 0 saturated carbocycles. The first kappa shape index (κ1) is 12.5. The normalized spacial score (nSPS) is 10.6. The number of benzene rings is 1. The monoisotopic (exact) mass is 426 g/mol. The molecule has 0 N–H and O–H groups in total. The van der Waals surface area contributed by atoms with Gasteiger partial charge in [-0.3, -0.25) is 0 Å². The standard InChI is InChI=1S/C11H12I2Si/c1-14(2,3)5-4-9-6-10(12)8-11(13)7-9/h6-8H,1-3H3. The molecule has 0 saturated heterocycles. The lowest BCUT2D eigenvalue weighted by molar-refractivity contribution is 1.55. The van der Waals surface area contributed by atoms with Crippen LogP contribution in [-0.2, 0) is 0 Å². The van der Waals surface area contributed by atoms with E-state index in [1.165, 1.54) is 7.14 Å². The molecule has 0 fully saturated rings. The first-order valence-corrected chi connectivity index (χ1v) is 10.0. The van der Waals surface area contributed by atoms with E-state index in [-0.39, 0.29) is 0 Å². The average molecular weight is 426 g/mol. The lowest BCUT2D eigenvalue weighted by Gasteiger charge is -2.03. The zero-order valence-electron chi connectivity index (χ0n) is 8.49. The van der Waals surface area contributed by atoms with Gasteiger partial charge in [-0.25, -0.2) is 0 Å². The zero-order chi connectivity index (χ0) is 10.8. The third-order valence-electron chi connectivity index (χ3n) is 1.44. The minimum atomic E-state index is -1.24. The molecular weight excluding hydrogens is 414 g/mol. The fourth-order valence-electron chi connectivity index (χ4n) is 0.886. The fourth-order valence-corrected chi connectivity index (χ4v) is 3.34. The average Bonchev–Trinajstić information content (AvgIpc) is 1.97. The van der Waals surface area contributed by atoms with Crippen LogP contribution < -0.4 is 0 Å². The largest absolute Gasteiger partial charge is 0.129 e. The summed E-state index contributed by atoms with van der Waals surface area (Å²) in [6.07, 6.45) is 0. The third-order valence-corrected chi connectivity index (χ3v) is 3.57. The minimum Gasteiger partial charge on any atom is -0.127 e. The van der Waals surface area contributed by atoms with E-state index in [1.54, 1.807) is 0 Å². The van der Waals surface area contributed by atoms with Gasteiger partial charge in [0, 0.05) is 12.7 Å². The van der Waals surface area contributed by atoms with E-state index in [1.807, 2.05) is 0 Å². The zero-order valence-corrected chi connectivity index (χ0v) is 13.8. The van der Waals surface area contributed by atoms with Crippen LogP contribution in [0.3, 0.4) is 0 Å². The Kier molecular flexibility index (Phi) is 4.46. The summed E-state index contributed by atoms with van der Waals surface area (Å²) in [6.45, 7) is 6.79. The molecule has 0 amide bonds. The molecule has 14 heavy (non-hydrogen) atoms. The van der Waals surface area contributed by atoms with Crippen molar-refractivity contribution in [3.8, 4) is 11.5 Å². The first-order valence-electron chi connectivity index (χ1n) is 4.36. The van der Waals surface area contributed by atoms with E-state index in [9.17, 15) is 0 Å². The molecule has 0 atom stereocenters. The highest BCUT2D eigenvalue weighted by molar-refractivity contribution is 14.1. The van der Waals surface area contributed by atoms with Gasteiger partial charge in [0.25, 0.3) is 0 Å². The van der Waals surface area contributed by atoms with Crippen LogP contribution in [0.1, 0.15) is 5.56 Å². The second-order valence-corrected chi connectivity index (χ2v) is 11.4. The molecule has 0 spiro atoms. The molecular formula is C11H12I2Si. The lowest BCUT2D eigenvalue weighted by Crippen LogP contribution is -2.16. The Morgan fingerprint density at radius 1 is 1.00 bits per heavy atom. The van der Waals surface area contributed by atoms with E-state index in [0.29, 0.717) is 0 Å². The molecule has 0 nitrogen and oxygen atoms in total. The van der Waals surface area contributed by atoms with Crippen molar-refractivity contribution in [3.63, 3.8) is 0 Å². The van der Waals surface area contributed by atoms with E-state index in [4.69, 9.17) is 0 Å². The molecule has 74 valence electrons. The summed E-state index contributed by atoms with van der Waals surface area (Å²) in [6, 6.07) is 6.42. The molecule has 0 radical (unpaired) electrons. The quantitative estimate of drug-likeness (QED) is 0.333. The van der Waals surface area contributed by atoms with Crippen LogP contribution in [0.5, 0.6) is 0 Å². The Balaban J connectivity index is 3.02. The van der Waals surface area contributed by atoms with Crippen molar-refractivity contribution in [2.45, 2.75) is 19.6 Å². The summed E-state index contributed by atoms with van der Waals surface area (Å²) < 4.78 is 2.52. The molecule has 3 heteroatoms. The molecule has 0 aliphatic rings. The summed E-state index contributed by atoms with van der Waals surface area (Å²) in [4.78, 5) is 0. The van der Waals surface area contributed by atoms with Gasteiger partial charge in [0.05, 0.1) is 0 Å². The Morgan fingerprint density at radius 2 is 1.50 bits per heavy atom. The second-order valence-electron chi connectivity index (χ2n) is 4.16. The van der Waals surface area contributed by atoms with E-state index >= 15 is 0 Å². The van der Waals surface area contributed by atoms with Gasteiger partial charge in [-0.15, -0.1) is 5.54 Å². The summed E-state index contributed by atoms with van der Waals surface area (Å²) in [5, 5.41) is 0. The molecule has 0 unspecified atom stereocenters. The maximum absolute atomic E-state index is 3.37. The third kappa shape index (κ3) is 4.80. The van der Waals surface area contributed by atoms with Gasteiger partial charge in [-0.2, -0.15) is 0 Å². The fraction of sp³-hybridized carbons (Fsp3) is 0.273. The number of hydrogen-bond donors (Lipinski definition) is 0. The lowest BCUT2D eigenvalue weighted by atomic mass is 10.2. The second kappa shape index (κ2) is 4.99. The Morgan fingerprint density at radius 3 is 1.93 bits per heavy atom. The highest BCUT2D eigenvalue weighted by atomic mass is 127. The van der Waals surface area contributed by atoms with E-state index in [0.717, 1.165) is 5.56 Å². The molecule has 0 aromatic heterocycles. The van der Waals surface area contributed by atoms with Gasteiger partial charge in [0.15, 0.2) is 0 Å². The van der Waals surface area contributed by atoms with Crippen LogP contribution in [-0.4, -0.2) is 8.07 Å². The van der Waals surface area contributed by atoms with Crippen molar-refractivity contribution in [3.05, 3.63) is 30.9 Å². The predicted molar refractivity (Wildman–Crippen MR) is 82.1 cm³/mol. The van der Waals surface area contributed by atoms with Crippen LogP contribution in [0.4, 0.5) is 0 Å². The molecule has 0 heterocycles. The Bertz CT molecular complexity index is 374. The summed E-state index contributed by atoms with van der Waals surface area (Å²) in [5.74, 6) is 3.27. The highest BCUT2D eigenvalue weighted by Gasteiger charge is 2.07. The summed E-state index contributed by atoms with van der Waals surface area (Å²) >= 11 is 4.66. The van der Waals surface area contributed by atoms with Gasteiger partial charge in [0.1, 0.15) is 8.07 Å². The smallest absolute Gasteiger partial charge is 0.127 e. The van der Waals surface area contributed by atoms with E-state index < -0.39 is 8.07 Å². The van der Waals surface area contributed by atoms with Crippen molar-refractivity contribution in [2.75, 3.05) is 0 Å². The first-order chi connectivity index (χ1) is 6.37. The summed E-state index contributed by atoms with van der Waals surface area (Å²) in [7, 11) is -1.24. The van der Waals surface area contributed by atoms with Crippen molar-refractivity contribution >= 4 is 53.3 Å². The van der Waals surface area contributed by atoms with Crippen molar-refractivity contribution in [1.29, 1.82) is 0 Å². The van der Waals surface area contributed by atoms with Crippen LogP contribution in [0.25, 0.3) is 0 Å². The van der Waals surface area contributed by atoms with Gasteiger partial charge in [-0.1, -0.05) is 25.6 Å². The predicted octanol–water partition coefficient (Wildman–Crippen LogP) is 4.12. The molecule has 1 rings (SSSR count). The van der Waals surface area contributed by atoms with Gasteiger partial charge >= 0.3 is 0 Å². The molecule has 1 aromatic rings. The Hall–Kier alpha value is 0.457. The molecule has 0 aliphatic carbocycles. The van der Waals surface area contributed by atoms with Crippen molar-refractivity contribution in [2.24, 2.45) is 0 Å². The Labute approximate surface area is 114 Å². The van der Waals surface area contributed by atoms with Crippen LogP contribution >= 0.6 is 45.2 Å². The number of rotatable bonds is 0. The number of halogens is 2. The van der Waals surface area contributed by atoms with Crippen molar-refractivity contribution in [1.82, 2.24) is 0 Å². The molecule has 0 bridgehead atoms. The van der Waals surface area contributed by atoms with Gasteiger partial charge in [0.2, 0.25) is 0 Å². The maximum atomic E-state index is 3.37. The van der Waals surface area contributed by atoms with Crippen LogP contribution in [0.2, 0.25) is 19.6 Å². The molecule has 0 aliphatic heterocycles. The number of hydrogen-bond acceptors (Lipinski definition) is 0. The van der Waals surface area contributed by atoms with Crippen LogP contribution in [0, 0.1) is 18.6 Å².